The van der Waals surface area contributed by atoms with Gasteiger partial charge < -0.3 is 4.74 Å². The summed E-state index contributed by atoms with van der Waals surface area (Å²) in [5, 5.41) is 0. The van der Waals surface area contributed by atoms with Crippen LogP contribution < -0.4 is 0 Å². The Hall–Kier alpha value is -1.34. The molecule has 1 aromatic carbocycles. The van der Waals surface area contributed by atoms with E-state index in [4.69, 9.17) is 4.74 Å². The number of rotatable bonds is 9. The van der Waals surface area contributed by atoms with Crippen molar-refractivity contribution in [2.24, 2.45) is 17.8 Å². The molecular weight excluding hydrogens is 340 g/mol. The number of allylic oxidation sites excluding steroid dienone is 2. The van der Waals surface area contributed by atoms with Crippen LogP contribution in [0.3, 0.4) is 0 Å². The SMILES string of the molecule is C=CCC1CCC(C2CCC(c3ccc(COCC/C=C/C)cc3)CC2)CC1. The van der Waals surface area contributed by atoms with Gasteiger partial charge in [-0.25, -0.2) is 0 Å². The van der Waals surface area contributed by atoms with E-state index in [9.17, 15) is 0 Å². The van der Waals surface area contributed by atoms with Gasteiger partial charge in [-0.1, -0.05) is 42.5 Å². The Kier molecular flexibility index (Phi) is 8.86. The van der Waals surface area contributed by atoms with Crippen LogP contribution in [0.15, 0.2) is 49.1 Å². The lowest BCUT2D eigenvalue weighted by Crippen LogP contribution is -2.25. The molecule has 0 aromatic heterocycles. The van der Waals surface area contributed by atoms with Crippen molar-refractivity contribution in [1.29, 1.82) is 0 Å². The predicted octanol–water partition coefficient (Wildman–Crippen LogP) is 7.83. The molecule has 154 valence electrons. The molecule has 1 heteroatoms. The van der Waals surface area contributed by atoms with Gasteiger partial charge in [0.25, 0.3) is 0 Å². The maximum atomic E-state index is 5.75. The van der Waals surface area contributed by atoms with Gasteiger partial charge in [-0.3, -0.25) is 0 Å². The molecule has 0 bridgehead atoms. The molecule has 0 atom stereocenters. The van der Waals surface area contributed by atoms with E-state index in [0.29, 0.717) is 0 Å². The second-order valence-corrected chi connectivity index (χ2v) is 9.07. The molecule has 0 spiro atoms. The number of benzene rings is 1. The molecule has 2 aliphatic rings. The van der Waals surface area contributed by atoms with Crippen LogP contribution in [0.2, 0.25) is 0 Å². The first-order valence-electron chi connectivity index (χ1n) is 11.7. The highest BCUT2D eigenvalue weighted by Crippen LogP contribution is 2.44. The van der Waals surface area contributed by atoms with Gasteiger partial charge in [-0.05, 0) is 106 Å². The zero-order chi connectivity index (χ0) is 19.6. The van der Waals surface area contributed by atoms with Crippen LogP contribution in [-0.2, 0) is 11.3 Å². The van der Waals surface area contributed by atoms with Gasteiger partial charge in [0, 0.05) is 0 Å². The normalized spacial score (nSPS) is 28.5. The molecule has 1 nitrogen and oxygen atoms in total. The first-order chi connectivity index (χ1) is 13.8. The molecular formula is C27H40O. The molecule has 0 heterocycles. The summed E-state index contributed by atoms with van der Waals surface area (Å²) in [4.78, 5) is 0. The van der Waals surface area contributed by atoms with E-state index in [1.807, 2.05) is 0 Å². The molecule has 0 N–H and O–H groups in total. The lowest BCUT2D eigenvalue weighted by molar-refractivity contribution is 0.125. The van der Waals surface area contributed by atoms with E-state index in [1.165, 1.54) is 63.4 Å². The Labute approximate surface area is 173 Å². The van der Waals surface area contributed by atoms with Crippen LogP contribution in [0.1, 0.15) is 88.2 Å². The van der Waals surface area contributed by atoms with E-state index in [0.717, 1.165) is 43.3 Å². The molecule has 3 rings (SSSR count). The minimum atomic E-state index is 0.735. The van der Waals surface area contributed by atoms with Crippen LogP contribution in [0.5, 0.6) is 0 Å². The fourth-order valence-corrected chi connectivity index (χ4v) is 5.45. The monoisotopic (exact) mass is 380 g/mol. The number of ether oxygens (including phenoxy) is 1. The molecule has 0 radical (unpaired) electrons. The highest BCUT2D eigenvalue weighted by molar-refractivity contribution is 5.25. The van der Waals surface area contributed by atoms with Gasteiger partial charge in [0.2, 0.25) is 0 Å². The third-order valence-corrected chi connectivity index (χ3v) is 7.21. The van der Waals surface area contributed by atoms with E-state index in [2.05, 4.69) is 56.0 Å². The summed E-state index contributed by atoms with van der Waals surface area (Å²) in [5.41, 5.74) is 2.85. The first kappa shape index (κ1) is 21.4. The average molecular weight is 381 g/mol. The van der Waals surface area contributed by atoms with Crippen molar-refractivity contribution >= 4 is 0 Å². The van der Waals surface area contributed by atoms with E-state index >= 15 is 0 Å². The van der Waals surface area contributed by atoms with Crippen LogP contribution in [0, 0.1) is 17.8 Å². The Bertz CT molecular complexity index is 583. The van der Waals surface area contributed by atoms with Crippen LogP contribution in [0.4, 0.5) is 0 Å². The van der Waals surface area contributed by atoms with Gasteiger partial charge >= 0.3 is 0 Å². The predicted molar refractivity (Wildman–Crippen MR) is 120 cm³/mol. The fourth-order valence-electron chi connectivity index (χ4n) is 5.45. The summed E-state index contributed by atoms with van der Waals surface area (Å²) >= 11 is 0. The van der Waals surface area contributed by atoms with Gasteiger partial charge in [0.1, 0.15) is 0 Å². The summed E-state index contributed by atoms with van der Waals surface area (Å²) in [6.07, 6.45) is 20.1. The summed E-state index contributed by atoms with van der Waals surface area (Å²) in [5.74, 6) is 3.70. The Balaban J connectivity index is 1.39. The quantitative estimate of drug-likeness (QED) is 0.313. The molecule has 0 aliphatic heterocycles. The minimum absolute atomic E-state index is 0.735. The molecule has 2 saturated carbocycles. The zero-order valence-corrected chi connectivity index (χ0v) is 18.0. The van der Waals surface area contributed by atoms with Gasteiger partial charge in [0.05, 0.1) is 13.2 Å². The maximum absolute atomic E-state index is 5.75. The van der Waals surface area contributed by atoms with Crippen LogP contribution >= 0.6 is 0 Å². The van der Waals surface area contributed by atoms with Crippen molar-refractivity contribution in [2.75, 3.05) is 6.61 Å². The van der Waals surface area contributed by atoms with Gasteiger partial charge in [-0.15, -0.1) is 6.58 Å². The Morgan fingerprint density at radius 1 is 0.929 bits per heavy atom. The highest BCUT2D eigenvalue weighted by atomic mass is 16.5. The van der Waals surface area contributed by atoms with Crippen molar-refractivity contribution in [3.63, 3.8) is 0 Å². The van der Waals surface area contributed by atoms with E-state index < -0.39 is 0 Å². The van der Waals surface area contributed by atoms with Crippen molar-refractivity contribution in [1.82, 2.24) is 0 Å². The second kappa shape index (κ2) is 11.6. The minimum Gasteiger partial charge on any atom is -0.376 e. The van der Waals surface area contributed by atoms with Gasteiger partial charge in [0.15, 0.2) is 0 Å². The molecule has 0 amide bonds. The average Bonchev–Trinajstić information content (AvgIpc) is 2.75. The molecule has 2 fully saturated rings. The van der Waals surface area contributed by atoms with Crippen molar-refractivity contribution in [2.45, 2.75) is 83.7 Å². The lowest BCUT2D eigenvalue weighted by Gasteiger charge is -2.38. The Morgan fingerprint density at radius 3 is 2.18 bits per heavy atom. The van der Waals surface area contributed by atoms with Gasteiger partial charge in [-0.2, -0.15) is 0 Å². The summed E-state index contributed by atoms with van der Waals surface area (Å²) < 4.78 is 5.75. The molecule has 0 saturated heterocycles. The summed E-state index contributed by atoms with van der Waals surface area (Å²) in [6.45, 7) is 7.52. The van der Waals surface area contributed by atoms with Crippen molar-refractivity contribution in [3.8, 4) is 0 Å². The standard InChI is InChI=1S/C27H40O/c1-3-5-6-20-28-21-23-10-14-25(15-11-23)27-18-16-26(17-19-27)24-12-8-22(7-4-2)9-13-24/h3-5,10-11,14-15,22,24,26-27H,2,6-9,12-13,16-21H2,1H3/b5-3+. The molecule has 2 aliphatic carbocycles. The third-order valence-electron chi connectivity index (χ3n) is 7.21. The topological polar surface area (TPSA) is 9.23 Å². The fraction of sp³-hybridized carbons (Fsp3) is 0.630. The third kappa shape index (κ3) is 6.34. The number of hydrogen-bond acceptors (Lipinski definition) is 1. The molecule has 1 aromatic rings. The van der Waals surface area contributed by atoms with Crippen molar-refractivity contribution < 1.29 is 4.74 Å². The maximum Gasteiger partial charge on any atom is 0.0717 e. The zero-order valence-electron chi connectivity index (χ0n) is 18.0. The first-order valence-corrected chi connectivity index (χ1v) is 11.7. The van der Waals surface area contributed by atoms with E-state index in [-0.39, 0.29) is 0 Å². The van der Waals surface area contributed by atoms with Crippen LogP contribution in [-0.4, -0.2) is 6.61 Å². The number of hydrogen-bond donors (Lipinski definition) is 0. The largest absolute Gasteiger partial charge is 0.376 e. The van der Waals surface area contributed by atoms with E-state index in [1.54, 1.807) is 5.56 Å². The molecule has 28 heavy (non-hydrogen) atoms. The highest BCUT2D eigenvalue weighted by Gasteiger charge is 2.30. The second-order valence-electron chi connectivity index (χ2n) is 9.07. The smallest absolute Gasteiger partial charge is 0.0717 e. The Morgan fingerprint density at radius 2 is 1.57 bits per heavy atom. The van der Waals surface area contributed by atoms with Crippen molar-refractivity contribution in [3.05, 3.63) is 60.2 Å². The summed E-state index contributed by atoms with van der Waals surface area (Å²) in [6, 6.07) is 9.27. The lowest BCUT2D eigenvalue weighted by atomic mass is 9.68. The van der Waals surface area contributed by atoms with Crippen LogP contribution in [0.25, 0.3) is 0 Å². The molecule has 0 unspecified atom stereocenters. The summed E-state index contributed by atoms with van der Waals surface area (Å²) in [7, 11) is 0.